The predicted octanol–water partition coefficient (Wildman–Crippen LogP) is 0.960. The number of carbonyl (C=O) groups excluding carboxylic acids is 1. The van der Waals surface area contributed by atoms with Crippen LogP contribution in [0.15, 0.2) is 17.1 Å². The Kier molecular flexibility index (Phi) is 6.87. The fourth-order valence-corrected chi connectivity index (χ4v) is 3.04. The fraction of sp³-hybridized carbons (Fsp3) is 0.444. The van der Waals surface area contributed by atoms with Gasteiger partial charge in [-0.15, -0.1) is 0 Å². The van der Waals surface area contributed by atoms with Crippen LogP contribution in [0.2, 0.25) is 0 Å². The standard InChI is InChI=1S/C18H22F3N7O2/c1-22-18(23-7-15(29)25-12-5-4-11(19)16(20)17(12)21)24-10-3-6-14-26-13(9-30-2)27-28(14)8-10/h4-5,10H,3,6-9H2,1-2H3,(H,25,29)(H2,22,23,24). The molecule has 2 heterocycles. The number of benzene rings is 1. The second kappa shape index (κ2) is 9.57. The number of nitrogens with zero attached hydrogens (tertiary/aromatic N) is 4. The molecule has 1 aromatic carbocycles. The molecule has 162 valence electrons. The van der Waals surface area contributed by atoms with E-state index in [1.165, 1.54) is 0 Å². The van der Waals surface area contributed by atoms with Crippen LogP contribution in [0.25, 0.3) is 0 Å². The van der Waals surface area contributed by atoms with Crippen LogP contribution in [0.1, 0.15) is 18.1 Å². The third kappa shape index (κ3) is 5.06. The van der Waals surface area contributed by atoms with Gasteiger partial charge in [-0.05, 0) is 18.6 Å². The maximum absolute atomic E-state index is 13.7. The second-order valence-corrected chi connectivity index (χ2v) is 6.64. The number of nitrogens with one attached hydrogen (secondary N) is 3. The predicted molar refractivity (Wildman–Crippen MR) is 102 cm³/mol. The number of aryl methyl sites for hydroxylation is 1. The normalized spacial score (nSPS) is 16.2. The number of aromatic nitrogens is 3. The van der Waals surface area contributed by atoms with Crippen molar-refractivity contribution in [2.75, 3.05) is 26.0 Å². The van der Waals surface area contributed by atoms with E-state index in [9.17, 15) is 18.0 Å². The van der Waals surface area contributed by atoms with Gasteiger partial charge in [-0.2, -0.15) is 5.10 Å². The molecule has 0 saturated heterocycles. The maximum Gasteiger partial charge on any atom is 0.243 e. The quantitative estimate of drug-likeness (QED) is 0.362. The number of carbonyl (C=O) groups is 1. The van der Waals surface area contributed by atoms with Crippen LogP contribution < -0.4 is 16.0 Å². The second-order valence-electron chi connectivity index (χ2n) is 6.64. The van der Waals surface area contributed by atoms with Gasteiger partial charge < -0.3 is 20.7 Å². The minimum atomic E-state index is -1.64. The van der Waals surface area contributed by atoms with Gasteiger partial charge in [0.15, 0.2) is 29.2 Å². The summed E-state index contributed by atoms with van der Waals surface area (Å²) in [5.74, 6) is -3.20. The lowest BCUT2D eigenvalue weighted by Gasteiger charge is -2.25. The summed E-state index contributed by atoms with van der Waals surface area (Å²) >= 11 is 0. The van der Waals surface area contributed by atoms with Crippen LogP contribution >= 0.6 is 0 Å². The van der Waals surface area contributed by atoms with E-state index in [-0.39, 0.29) is 12.6 Å². The van der Waals surface area contributed by atoms with Gasteiger partial charge in [0.2, 0.25) is 5.91 Å². The van der Waals surface area contributed by atoms with Gasteiger partial charge in [-0.1, -0.05) is 0 Å². The summed E-state index contributed by atoms with van der Waals surface area (Å²) in [6.45, 7) is 0.658. The first-order chi connectivity index (χ1) is 14.4. The van der Waals surface area contributed by atoms with Gasteiger partial charge in [-0.3, -0.25) is 9.79 Å². The molecule has 1 aliphatic heterocycles. The van der Waals surface area contributed by atoms with Crippen molar-refractivity contribution in [1.82, 2.24) is 25.4 Å². The Labute approximate surface area is 170 Å². The molecule has 1 atom stereocenters. The number of amides is 1. The number of fused-ring (bicyclic) bond motifs is 1. The average molecular weight is 425 g/mol. The van der Waals surface area contributed by atoms with E-state index in [0.717, 1.165) is 30.8 Å². The minimum absolute atomic E-state index is 0.00694. The Morgan fingerprint density at radius 1 is 1.33 bits per heavy atom. The molecule has 0 saturated carbocycles. The Morgan fingerprint density at radius 2 is 2.13 bits per heavy atom. The van der Waals surface area contributed by atoms with Crippen LogP contribution in [0.4, 0.5) is 18.9 Å². The van der Waals surface area contributed by atoms with Crippen LogP contribution in [-0.4, -0.2) is 53.4 Å². The molecule has 3 N–H and O–H groups in total. The molecule has 0 bridgehead atoms. The van der Waals surface area contributed by atoms with Crippen molar-refractivity contribution >= 4 is 17.6 Å². The van der Waals surface area contributed by atoms with Crippen molar-refractivity contribution in [3.63, 3.8) is 0 Å². The highest BCUT2D eigenvalue weighted by molar-refractivity contribution is 5.95. The molecule has 1 unspecified atom stereocenters. The van der Waals surface area contributed by atoms with E-state index in [1.807, 2.05) is 0 Å². The van der Waals surface area contributed by atoms with Crippen LogP contribution in [0, 0.1) is 17.5 Å². The summed E-state index contributed by atoms with van der Waals surface area (Å²) in [5, 5.41) is 12.6. The molecule has 0 radical (unpaired) electrons. The van der Waals surface area contributed by atoms with Crippen molar-refractivity contribution in [2.24, 2.45) is 4.99 Å². The summed E-state index contributed by atoms with van der Waals surface area (Å²) in [4.78, 5) is 20.5. The van der Waals surface area contributed by atoms with Crippen molar-refractivity contribution < 1.29 is 22.7 Å². The highest BCUT2D eigenvalue weighted by Crippen LogP contribution is 2.19. The summed E-state index contributed by atoms with van der Waals surface area (Å²) in [6, 6.07) is 1.70. The Balaban J connectivity index is 1.51. The van der Waals surface area contributed by atoms with Crippen molar-refractivity contribution in [2.45, 2.75) is 32.0 Å². The number of methoxy groups -OCH3 is 1. The topological polar surface area (TPSA) is 105 Å². The number of rotatable bonds is 6. The number of ether oxygens (including phenoxy) is 1. The molecule has 2 aromatic rings. The number of hydrogen-bond donors (Lipinski definition) is 3. The molecule has 9 nitrogen and oxygen atoms in total. The molecule has 1 amide bonds. The maximum atomic E-state index is 13.7. The molecule has 0 spiro atoms. The third-order valence-corrected chi connectivity index (χ3v) is 4.47. The van der Waals surface area contributed by atoms with Gasteiger partial charge >= 0.3 is 0 Å². The van der Waals surface area contributed by atoms with Gasteiger partial charge in [0, 0.05) is 26.6 Å². The SMILES string of the molecule is CN=C(NCC(=O)Nc1ccc(F)c(F)c1F)NC1CCc2nc(COC)nn2C1. The lowest BCUT2D eigenvalue weighted by Crippen LogP contribution is -2.48. The highest BCUT2D eigenvalue weighted by Gasteiger charge is 2.22. The van der Waals surface area contributed by atoms with E-state index in [0.29, 0.717) is 24.9 Å². The van der Waals surface area contributed by atoms with Crippen LogP contribution in [0.5, 0.6) is 0 Å². The smallest absolute Gasteiger partial charge is 0.243 e. The third-order valence-electron chi connectivity index (χ3n) is 4.47. The van der Waals surface area contributed by atoms with Crippen molar-refractivity contribution in [3.8, 4) is 0 Å². The first-order valence-corrected chi connectivity index (χ1v) is 9.23. The molecule has 3 rings (SSSR count). The fourth-order valence-electron chi connectivity index (χ4n) is 3.04. The van der Waals surface area contributed by atoms with E-state index < -0.39 is 29.0 Å². The molecule has 30 heavy (non-hydrogen) atoms. The highest BCUT2D eigenvalue weighted by atomic mass is 19.2. The lowest BCUT2D eigenvalue weighted by atomic mass is 10.1. The average Bonchev–Trinajstić information content (AvgIpc) is 3.13. The van der Waals surface area contributed by atoms with Gasteiger partial charge in [0.1, 0.15) is 12.4 Å². The molecule has 0 fully saturated rings. The van der Waals surface area contributed by atoms with E-state index in [4.69, 9.17) is 4.74 Å². The molecular formula is C18H22F3N7O2. The number of hydrogen-bond acceptors (Lipinski definition) is 5. The zero-order chi connectivity index (χ0) is 21.7. The van der Waals surface area contributed by atoms with Crippen LogP contribution in [-0.2, 0) is 29.1 Å². The van der Waals surface area contributed by atoms with Gasteiger partial charge in [-0.25, -0.2) is 22.8 Å². The summed E-state index contributed by atoms with van der Waals surface area (Å²) in [5.41, 5.74) is -0.443. The van der Waals surface area contributed by atoms with E-state index in [1.54, 1.807) is 18.8 Å². The van der Waals surface area contributed by atoms with Gasteiger partial charge in [0.05, 0.1) is 18.8 Å². The van der Waals surface area contributed by atoms with Crippen molar-refractivity contribution in [3.05, 3.63) is 41.2 Å². The van der Waals surface area contributed by atoms with E-state index >= 15 is 0 Å². The lowest BCUT2D eigenvalue weighted by molar-refractivity contribution is -0.115. The molecule has 1 aliphatic rings. The first-order valence-electron chi connectivity index (χ1n) is 9.23. The number of anilines is 1. The monoisotopic (exact) mass is 425 g/mol. The number of halogens is 3. The summed E-state index contributed by atoms with van der Waals surface area (Å²) in [6.07, 6.45) is 1.51. The largest absolute Gasteiger partial charge is 0.377 e. The molecule has 1 aromatic heterocycles. The van der Waals surface area contributed by atoms with Crippen LogP contribution in [0.3, 0.4) is 0 Å². The Hall–Kier alpha value is -3.15. The Bertz CT molecular complexity index is 948. The zero-order valence-electron chi connectivity index (χ0n) is 16.5. The Morgan fingerprint density at radius 3 is 2.87 bits per heavy atom. The number of guanidine groups is 1. The summed E-state index contributed by atoms with van der Waals surface area (Å²) in [7, 11) is 3.12. The molecule has 12 heteroatoms. The van der Waals surface area contributed by atoms with E-state index in [2.05, 4.69) is 31.0 Å². The molecular weight excluding hydrogens is 403 g/mol. The zero-order valence-corrected chi connectivity index (χ0v) is 16.5. The number of aliphatic imine (C=N–C) groups is 1. The summed E-state index contributed by atoms with van der Waals surface area (Å²) < 4.78 is 46.7. The molecule has 0 aliphatic carbocycles. The first kappa shape index (κ1) is 21.6. The van der Waals surface area contributed by atoms with Crippen molar-refractivity contribution in [1.29, 1.82) is 0 Å². The minimum Gasteiger partial charge on any atom is -0.377 e. The van der Waals surface area contributed by atoms with Gasteiger partial charge in [0.25, 0.3) is 0 Å².